The van der Waals surface area contributed by atoms with E-state index >= 15 is 0 Å². The largest absolute Gasteiger partial charge is 0.444 e. The quantitative estimate of drug-likeness (QED) is 0.124. The Morgan fingerprint density at radius 3 is 1.58 bits per heavy atom. The summed E-state index contributed by atoms with van der Waals surface area (Å²) in [5.41, 5.74) is 1.57. The van der Waals surface area contributed by atoms with Crippen molar-refractivity contribution in [1.82, 2.24) is 0 Å². The molecule has 1 N–H and O–H groups in total. The molecule has 4 saturated heterocycles. The van der Waals surface area contributed by atoms with Gasteiger partial charge in [-0.05, 0) is 48.9 Å². The molecule has 4 heterocycles. The number of cyclic esters (lactones) is 2. The van der Waals surface area contributed by atoms with Gasteiger partial charge in [0, 0.05) is 93.6 Å². The Labute approximate surface area is 364 Å². The summed E-state index contributed by atoms with van der Waals surface area (Å²) in [6.07, 6.45) is -0.972. The Morgan fingerprint density at radius 1 is 0.800 bits per heavy atom. The minimum Gasteiger partial charge on any atom is -0.444 e. The van der Waals surface area contributed by atoms with Crippen LogP contribution in [0.2, 0.25) is 0 Å². The van der Waals surface area contributed by atoms with Crippen LogP contribution in [0.3, 0.4) is 0 Å². The fraction of sp³-hybridized carbons (Fsp3) is 0.444. The third-order valence-electron chi connectivity index (χ3n) is 9.24. The maximum absolute atomic E-state index is 14.4. The third-order valence-corrected chi connectivity index (χ3v) is 13.1. The molecular formula is C36H42Cl3F2N5O11S3. The number of rotatable bonds is 8. The first-order valence-corrected chi connectivity index (χ1v) is 24.5. The molecule has 16 nitrogen and oxygen atoms in total. The van der Waals surface area contributed by atoms with E-state index in [2.05, 4.69) is 0 Å². The number of carbonyl (C=O) groups excluding carboxylic acids is 2. The lowest BCUT2D eigenvalue weighted by Crippen LogP contribution is -2.38. The zero-order chi connectivity index (χ0) is 44.1. The molecule has 24 heteroatoms. The SMILES string of the molecule is CC[C@H]1CN(c2ccc(N3CCS(=O)CC3)c(F)c2)C(=O)O1.ClCCl.O=C1O[C@@H](CO)CN1c1ccc(N2CCS(=O)CC2)c(F)c1.O=[N+]([O-])c1cccc(S(=O)(=O)Cl)c1. The number of amides is 2. The lowest BCUT2D eigenvalue weighted by molar-refractivity contribution is -0.385. The van der Waals surface area contributed by atoms with Crippen LogP contribution in [0.1, 0.15) is 13.3 Å². The van der Waals surface area contributed by atoms with E-state index in [1.54, 1.807) is 24.3 Å². The van der Waals surface area contributed by atoms with Gasteiger partial charge in [0.1, 0.15) is 23.8 Å². The van der Waals surface area contributed by atoms with E-state index in [1.165, 1.54) is 40.1 Å². The summed E-state index contributed by atoms with van der Waals surface area (Å²) >= 11 is 9.53. The minimum atomic E-state index is -3.89. The van der Waals surface area contributed by atoms with Gasteiger partial charge in [0.2, 0.25) is 0 Å². The molecule has 60 heavy (non-hydrogen) atoms. The molecule has 0 aliphatic carbocycles. The van der Waals surface area contributed by atoms with E-state index in [1.807, 2.05) is 16.7 Å². The van der Waals surface area contributed by atoms with Crippen LogP contribution in [0, 0.1) is 21.7 Å². The average Bonchev–Trinajstić information content (AvgIpc) is 3.80. The number of aliphatic hydroxyl groups is 1. The molecule has 4 fully saturated rings. The summed E-state index contributed by atoms with van der Waals surface area (Å²) in [6, 6.07) is 13.9. The highest BCUT2D eigenvalue weighted by molar-refractivity contribution is 8.13. The molecular weight excluding hydrogens is 919 g/mol. The number of nitrogens with zero attached hydrogens (tertiary/aromatic N) is 5. The first kappa shape index (κ1) is 48.8. The molecule has 2 amide bonds. The standard InChI is InChI=1S/C15H19FN2O3S.C14H17FN2O4S.C6H4ClNO4S.CH2Cl2/c1-2-12-10-18(15(19)21-12)11-3-4-14(13(16)9-11)17-5-7-22(20)8-6-17;15-12-7-10(17-8-11(9-18)21-14(17)19)1-2-13(12)16-3-5-22(20)6-4-16;7-13(11,12)6-3-1-2-5(4-6)8(9)10;2-1-3/h3-4,9,12H,2,5-8,10H2,1H3;1-2,7,11,18H,3-6,8-9H2;1-4H;1H2/t12-;11-;;/m01../s1. The summed E-state index contributed by atoms with van der Waals surface area (Å²) in [5, 5.41) is 19.5. The molecule has 7 rings (SSSR count). The van der Waals surface area contributed by atoms with Crippen molar-refractivity contribution in [3.05, 3.63) is 82.4 Å². The fourth-order valence-corrected chi connectivity index (χ4v) is 9.01. The lowest BCUT2D eigenvalue weighted by atomic mass is 10.2. The number of aliphatic hydroxyl groups excluding tert-OH is 1. The van der Waals surface area contributed by atoms with Crippen LogP contribution in [0.15, 0.2) is 65.6 Å². The molecule has 4 aliphatic heterocycles. The molecule has 3 aromatic carbocycles. The van der Waals surface area contributed by atoms with E-state index < -0.39 is 59.7 Å². The molecule has 0 spiro atoms. The molecule has 0 saturated carbocycles. The van der Waals surface area contributed by atoms with E-state index in [0.717, 1.165) is 12.5 Å². The van der Waals surface area contributed by atoms with Crippen molar-refractivity contribution in [3.8, 4) is 0 Å². The van der Waals surface area contributed by atoms with Gasteiger partial charge in [0.25, 0.3) is 14.7 Å². The Kier molecular flexibility index (Phi) is 18.6. The summed E-state index contributed by atoms with van der Waals surface area (Å²) in [5.74, 6) is 1.43. The fourth-order valence-electron chi connectivity index (χ4n) is 6.12. The zero-order valence-electron chi connectivity index (χ0n) is 32.0. The average molecular weight is 961 g/mol. The van der Waals surface area contributed by atoms with Crippen molar-refractivity contribution >= 4 is 105 Å². The highest BCUT2D eigenvalue weighted by atomic mass is 35.7. The van der Waals surface area contributed by atoms with Gasteiger partial charge < -0.3 is 24.4 Å². The predicted octanol–water partition coefficient (Wildman–Crippen LogP) is 5.79. The molecule has 0 bridgehead atoms. The number of hydrogen-bond donors (Lipinski definition) is 1. The van der Waals surface area contributed by atoms with Crippen molar-refractivity contribution in [2.24, 2.45) is 0 Å². The highest BCUT2D eigenvalue weighted by Gasteiger charge is 2.33. The van der Waals surface area contributed by atoms with E-state index in [4.69, 9.17) is 48.5 Å². The number of benzene rings is 3. The number of alkyl halides is 2. The summed E-state index contributed by atoms with van der Waals surface area (Å²) in [6.45, 7) is 4.65. The summed E-state index contributed by atoms with van der Waals surface area (Å²) in [7, 11) is -0.512. The van der Waals surface area contributed by atoms with Crippen LogP contribution in [0.5, 0.6) is 0 Å². The number of nitro benzene ring substituents is 1. The number of halogens is 5. The molecule has 0 unspecified atom stereocenters. The van der Waals surface area contributed by atoms with Crippen LogP contribution in [0.25, 0.3) is 0 Å². The van der Waals surface area contributed by atoms with Gasteiger partial charge in [-0.25, -0.2) is 26.8 Å². The number of anilines is 4. The number of ether oxygens (including phenoxy) is 2. The highest BCUT2D eigenvalue weighted by Crippen LogP contribution is 2.30. The monoisotopic (exact) mass is 959 g/mol. The number of nitro groups is 1. The Balaban J connectivity index is 0.000000198. The summed E-state index contributed by atoms with van der Waals surface area (Å²) < 4.78 is 83.1. The topological polar surface area (TPSA) is 197 Å². The van der Waals surface area contributed by atoms with E-state index in [-0.39, 0.29) is 41.0 Å². The molecule has 3 aromatic rings. The second kappa shape index (κ2) is 22.8. The van der Waals surface area contributed by atoms with Gasteiger partial charge in [-0.3, -0.25) is 28.3 Å². The van der Waals surface area contributed by atoms with Crippen LogP contribution in [-0.4, -0.2) is 125 Å². The van der Waals surface area contributed by atoms with E-state index in [0.29, 0.717) is 78.5 Å². The second-order valence-corrected chi connectivity index (χ2v) is 19.8. The van der Waals surface area contributed by atoms with Crippen molar-refractivity contribution in [2.75, 3.05) is 93.8 Å². The van der Waals surface area contributed by atoms with Gasteiger partial charge in [-0.1, -0.05) is 13.0 Å². The normalized spacial score (nSPS) is 19.6. The third kappa shape index (κ3) is 13.6. The number of hydrogen-bond acceptors (Lipinski definition) is 13. The maximum Gasteiger partial charge on any atom is 0.414 e. The van der Waals surface area contributed by atoms with E-state index in [9.17, 15) is 45.3 Å². The van der Waals surface area contributed by atoms with Crippen LogP contribution in [-0.2, 0) is 40.1 Å². The first-order valence-electron chi connectivity index (χ1n) is 18.2. The summed E-state index contributed by atoms with van der Waals surface area (Å²) in [4.78, 5) is 39.3. The van der Waals surface area contributed by atoms with Crippen molar-refractivity contribution in [1.29, 1.82) is 0 Å². The Morgan fingerprint density at radius 2 is 1.23 bits per heavy atom. The molecule has 2 atom stereocenters. The van der Waals surface area contributed by atoms with Crippen LogP contribution < -0.4 is 19.6 Å². The van der Waals surface area contributed by atoms with Crippen LogP contribution >= 0.6 is 33.9 Å². The lowest BCUT2D eigenvalue weighted by Gasteiger charge is -2.29. The Bertz CT molecular complexity index is 2040. The predicted molar refractivity (Wildman–Crippen MR) is 228 cm³/mol. The first-order chi connectivity index (χ1) is 28.5. The Hall–Kier alpha value is -3.86. The second-order valence-electron chi connectivity index (χ2n) is 13.1. The van der Waals surface area contributed by atoms with Crippen molar-refractivity contribution in [3.63, 3.8) is 0 Å². The molecule has 0 aromatic heterocycles. The minimum absolute atomic E-state index is 0.132. The van der Waals surface area contributed by atoms with Crippen LogP contribution in [0.4, 0.5) is 46.8 Å². The molecule has 330 valence electrons. The maximum atomic E-state index is 14.4. The molecule has 0 radical (unpaired) electrons. The smallest absolute Gasteiger partial charge is 0.414 e. The van der Waals surface area contributed by atoms with Crippen molar-refractivity contribution < 1.29 is 54.7 Å². The van der Waals surface area contributed by atoms with Gasteiger partial charge in [-0.15, -0.1) is 23.2 Å². The van der Waals surface area contributed by atoms with Gasteiger partial charge >= 0.3 is 12.2 Å². The van der Waals surface area contributed by atoms with Gasteiger partial charge in [0.15, 0.2) is 0 Å². The van der Waals surface area contributed by atoms with Gasteiger partial charge in [-0.2, -0.15) is 0 Å². The van der Waals surface area contributed by atoms with Crippen molar-refractivity contribution in [2.45, 2.75) is 30.4 Å². The number of non-ortho nitro benzene ring substituents is 1. The number of carbonyl (C=O) groups is 2. The van der Waals surface area contributed by atoms with Gasteiger partial charge in [0.05, 0.1) is 57.6 Å². The molecule has 4 aliphatic rings. The zero-order valence-corrected chi connectivity index (χ0v) is 36.7.